The zero-order valence-electron chi connectivity index (χ0n) is 15.5. The molecule has 0 spiro atoms. The minimum Gasteiger partial charge on any atom is -0.369 e. The Kier molecular flexibility index (Phi) is 6.69. The highest BCUT2D eigenvalue weighted by Crippen LogP contribution is 2.24. The molecule has 0 bridgehead atoms. The zero-order valence-corrected chi connectivity index (χ0v) is 16.3. The molecule has 0 atom stereocenters. The fraction of sp³-hybridized carbons (Fsp3) is 0.381. The number of piperazine rings is 1. The van der Waals surface area contributed by atoms with Crippen molar-refractivity contribution in [2.75, 3.05) is 38.1 Å². The molecule has 1 aliphatic heterocycles. The maximum Gasteiger partial charge on any atom is 0.220 e. The summed E-state index contributed by atoms with van der Waals surface area (Å²) in [6.07, 6.45) is 0.967. The Morgan fingerprint density at radius 1 is 1.11 bits per heavy atom. The van der Waals surface area contributed by atoms with Gasteiger partial charge in [-0.2, -0.15) is 0 Å². The first-order valence-corrected chi connectivity index (χ1v) is 9.62. The van der Waals surface area contributed by atoms with Crippen molar-refractivity contribution >= 4 is 23.2 Å². The van der Waals surface area contributed by atoms with Crippen LogP contribution in [0.5, 0.6) is 0 Å². The number of carbonyl (C=O) groups is 1. The fourth-order valence-electron chi connectivity index (χ4n) is 3.23. The number of likely N-dealkylation sites (N-methyl/N-ethyl adjacent to an activating group) is 1. The predicted molar refractivity (Wildman–Crippen MR) is 108 cm³/mol. The van der Waals surface area contributed by atoms with Crippen LogP contribution in [-0.4, -0.2) is 44.0 Å². The Labute approximate surface area is 164 Å². The molecule has 1 heterocycles. The third kappa shape index (κ3) is 5.68. The van der Waals surface area contributed by atoms with Crippen LogP contribution >= 0.6 is 11.6 Å². The molecular weight excluding hydrogens is 365 g/mol. The van der Waals surface area contributed by atoms with Crippen molar-refractivity contribution in [1.29, 1.82) is 0 Å². The summed E-state index contributed by atoms with van der Waals surface area (Å²) in [6.45, 7) is 4.13. The number of carbonyl (C=O) groups excluding carboxylic acids is 1. The van der Waals surface area contributed by atoms with Crippen molar-refractivity contribution in [3.8, 4) is 0 Å². The molecule has 0 aliphatic carbocycles. The van der Waals surface area contributed by atoms with Crippen LogP contribution in [0.1, 0.15) is 17.5 Å². The number of hydrogen-bond acceptors (Lipinski definition) is 3. The normalized spacial score (nSPS) is 15.0. The third-order valence-corrected chi connectivity index (χ3v) is 5.17. The number of benzene rings is 2. The van der Waals surface area contributed by atoms with E-state index in [0.29, 0.717) is 24.4 Å². The molecule has 0 radical (unpaired) electrons. The van der Waals surface area contributed by atoms with Gasteiger partial charge in [0.15, 0.2) is 0 Å². The van der Waals surface area contributed by atoms with E-state index in [9.17, 15) is 9.18 Å². The van der Waals surface area contributed by atoms with E-state index in [-0.39, 0.29) is 11.7 Å². The highest BCUT2D eigenvalue weighted by Gasteiger charge is 2.18. The zero-order chi connectivity index (χ0) is 19.2. The van der Waals surface area contributed by atoms with E-state index < -0.39 is 0 Å². The van der Waals surface area contributed by atoms with Gasteiger partial charge in [0.05, 0.1) is 0 Å². The molecule has 1 fully saturated rings. The van der Waals surface area contributed by atoms with Crippen molar-refractivity contribution in [3.63, 3.8) is 0 Å². The smallest absolute Gasteiger partial charge is 0.220 e. The van der Waals surface area contributed by atoms with Gasteiger partial charge in [0, 0.05) is 49.9 Å². The Morgan fingerprint density at radius 2 is 1.81 bits per heavy atom. The number of amides is 1. The number of anilines is 1. The minimum atomic E-state index is -0.236. The second-order valence-corrected chi connectivity index (χ2v) is 7.40. The van der Waals surface area contributed by atoms with Crippen LogP contribution in [0.15, 0.2) is 42.5 Å². The summed E-state index contributed by atoms with van der Waals surface area (Å²) in [5, 5.41) is 3.61. The summed E-state index contributed by atoms with van der Waals surface area (Å²) >= 11 is 5.87. The predicted octanol–water partition coefficient (Wildman–Crippen LogP) is 3.48. The van der Waals surface area contributed by atoms with Gasteiger partial charge in [-0.1, -0.05) is 29.8 Å². The molecule has 1 aliphatic rings. The van der Waals surface area contributed by atoms with Crippen LogP contribution in [0, 0.1) is 5.82 Å². The van der Waals surface area contributed by atoms with Gasteiger partial charge in [0.1, 0.15) is 5.82 Å². The number of aryl methyl sites for hydroxylation is 1. The van der Waals surface area contributed by atoms with Gasteiger partial charge in [0.2, 0.25) is 5.91 Å². The number of nitrogens with zero attached hydrogens (tertiary/aromatic N) is 2. The van der Waals surface area contributed by atoms with Gasteiger partial charge in [-0.05, 0) is 48.9 Å². The number of halogens is 2. The maximum absolute atomic E-state index is 13.8. The topological polar surface area (TPSA) is 35.6 Å². The van der Waals surface area contributed by atoms with E-state index in [2.05, 4.69) is 22.2 Å². The lowest BCUT2D eigenvalue weighted by molar-refractivity contribution is -0.121. The first-order valence-electron chi connectivity index (χ1n) is 9.24. The first-order chi connectivity index (χ1) is 13.0. The first kappa shape index (κ1) is 19.6. The molecule has 27 heavy (non-hydrogen) atoms. The lowest BCUT2D eigenvalue weighted by atomic mass is 10.0. The summed E-state index contributed by atoms with van der Waals surface area (Å²) in [7, 11) is 2.09. The number of rotatable bonds is 6. The summed E-state index contributed by atoms with van der Waals surface area (Å²) < 4.78 is 13.8. The van der Waals surface area contributed by atoms with Crippen LogP contribution < -0.4 is 10.2 Å². The maximum atomic E-state index is 13.8. The summed E-state index contributed by atoms with van der Waals surface area (Å²) in [6, 6.07) is 12.3. The highest BCUT2D eigenvalue weighted by molar-refractivity contribution is 6.30. The molecule has 1 saturated heterocycles. The standard InChI is InChI=1S/C21H25ClFN3O/c1-25-10-12-26(13-11-25)20-14-19(23)8-4-17(20)5-9-21(27)24-15-16-2-6-18(22)7-3-16/h2-4,6-8,14H,5,9-13,15H2,1H3,(H,24,27). The van der Waals surface area contributed by atoms with Crippen LogP contribution in [0.4, 0.5) is 10.1 Å². The SMILES string of the molecule is CN1CCN(c2cc(F)ccc2CCC(=O)NCc2ccc(Cl)cc2)CC1. The van der Waals surface area contributed by atoms with E-state index >= 15 is 0 Å². The molecule has 1 N–H and O–H groups in total. The Hall–Kier alpha value is -2.11. The molecule has 0 aromatic heterocycles. The van der Waals surface area contributed by atoms with Crippen LogP contribution in [0.3, 0.4) is 0 Å². The van der Waals surface area contributed by atoms with Gasteiger partial charge >= 0.3 is 0 Å². The molecule has 2 aromatic carbocycles. The molecular formula is C21H25ClFN3O. The average molecular weight is 390 g/mol. The lowest BCUT2D eigenvalue weighted by Gasteiger charge is -2.35. The van der Waals surface area contributed by atoms with Gasteiger partial charge < -0.3 is 15.1 Å². The Morgan fingerprint density at radius 3 is 2.52 bits per heavy atom. The summed E-state index contributed by atoms with van der Waals surface area (Å²) in [4.78, 5) is 16.7. The second-order valence-electron chi connectivity index (χ2n) is 6.97. The largest absolute Gasteiger partial charge is 0.369 e. The molecule has 0 saturated carbocycles. The van der Waals surface area contributed by atoms with E-state index in [1.807, 2.05) is 24.3 Å². The van der Waals surface area contributed by atoms with Gasteiger partial charge in [-0.3, -0.25) is 4.79 Å². The average Bonchev–Trinajstić information content (AvgIpc) is 2.67. The van der Waals surface area contributed by atoms with Crippen molar-refractivity contribution in [2.45, 2.75) is 19.4 Å². The van der Waals surface area contributed by atoms with E-state index in [4.69, 9.17) is 11.6 Å². The van der Waals surface area contributed by atoms with E-state index in [1.165, 1.54) is 6.07 Å². The van der Waals surface area contributed by atoms with Crippen LogP contribution in [0.2, 0.25) is 5.02 Å². The van der Waals surface area contributed by atoms with E-state index in [1.54, 1.807) is 12.1 Å². The quantitative estimate of drug-likeness (QED) is 0.821. The molecule has 2 aromatic rings. The van der Waals surface area contributed by atoms with Crippen LogP contribution in [-0.2, 0) is 17.8 Å². The molecule has 3 rings (SSSR count). The molecule has 4 nitrogen and oxygen atoms in total. The van der Waals surface area contributed by atoms with Crippen molar-refractivity contribution in [2.24, 2.45) is 0 Å². The lowest BCUT2D eigenvalue weighted by Crippen LogP contribution is -2.44. The summed E-state index contributed by atoms with van der Waals surface area (Å²) in [5.41, 5.74) is 2.93. The molecule has 6 heteroatoms. The number of nitrogens with one attached hydrogen (secondary N) is 1. The van der Waals surface area contributed by atoms with Crippen molar-refractivity contribution < 1.29 is 9.18 Å². The summed E-state index contributed by atoms with van der Waals surface area (Å²) in [5.74, 6) is -0.251. The van der Waals surface area contributed by atoms with Gasteiger partial charge in [-0.15, -0.1) is 0 Å². The molecule has 0 unspecified atom stereocenters. The van der Waals surface area contributed by atoms with Gasteiger partial charge in [-0.25, -0.2) is 4.39 Å². The fourth-order valence-corrected chi connectivity index (χ4v) is 3.36. The van der Waals surface area contributed by atoms with Crippen LogP contribution in [0.25, 0.3) is 0 Å². The highest BCUT2D eigenvalue weighted by atomic mass is 35.5. The molecule has 1 amide bonds. The minimum absolute atomic E-state index is 0.0152. The third-order valence-electron chi connectivity index (χ3n) is 4.92. The van der Waals surface area contributed by atoms with Crippen molar-refractivity contribution in [1.82, 2.24) is 10.2 Å². The Bertz CT molecular complexity index is 773. The monoisotopic (exact) mass is 389 g/mol. The second kappa shape index (κ2) is 9.20. The number of hydrogen-bond donors (Lipinski definition) is 1. The molecule has 144 valence electrons. The van der Waals surface area contributed by atoms with E-state index in [0.717, 1.165) is 43.0 Å². The Balaban J connectivity index is 1.56. The van der Waals surface area contributed by atoms with Gasteiger partial charge in [0.25, 0.3) is 0 Å². The van der Waals surface area contributed by atoms with Crippen molar-refractivity contribution in [3.05, 3.63) is 64.4 Å².